The number of piperidine rings is 1. The molecule has 3 rings (SSSR count). The first-order valence-corrected chi connectivity index (χ1v) is 11.3. The molecule has 2 heterocycles. The highest BCUT2D eigenvalue weighted by atomic mass is 35.5. The van der Waals surface area contributed by atoms with Crippen LogP contribution < -0.4 is 5.32 Å². The zero-order chi connectivity index (χ0) is 22.1. The van der Waals surface area contributed by atoms with Crippen molar-refractivity contribution in [1.82, 2.24) is 20.1 Å². The van der Waals surface area contributed by atoms with Crippen LogP contribution in [0.2, 0.25) is 5.02 Å². The number of nitrogens with zero attached hydrogens (tertiary/aromatic N) is 3. The van der Waals surface area contributed by atoms with Crippen LogP contribution in [0.1, 0.15) is 41.7 Å². The van der Waals surface area contributed by atoms with E-state index >= 15 is 0 Å². The highest BCUT2D eigenvalue weighted by molar-refractivity contribution is 6.30. The molecule has 2 amide bonds. The highest BCUT2D eigenvalue weighted by Gasteiger charge is 2.25. The van der Waals surface area contributed by atoms with Crippen molar-refractivity contribution in [3.63, 3.8) is 0 Å². The number of rotatable bonds is 9. The maximum atomic E-state index is 12.6. The minimum absolute atomic E-state index is 0.143. The summed E-state index contributed by atoms with van der Waals surface area (Å²) >= 11 is 5.84. The van der Waals surface area contributed by atoms with E-state index in [1.807, 2.05) is 30.3 Å². The number of amides is 2. The standard InChI is InChI=1S/C24H31ClN4O2/c1-28(22-12-17-29(18-13-22)16-11-21-5-2-3-14-26-21)23(30)6-4-15-27-24(31)19-7-9-20(25)10-8-19/h2-3,5,7-10,14,22H,4,6,11-13,15-18H2,1H3,(H,27,31). The molecule has 31 heavy (non-hydrogen) atoms. The second kappa shape index (κ2) is 11.8. The zero-order valence-electron chi connectivity index (χ0n) is 18.1. The predicted molar refractivity (Wildman–Crippen MR) is 123 cm³/mol. The number of hydrogen-bond acceptors (Lipinski definition) is 4. The molecule has 0 radical (unpaired) electrons. The lowest BCUT2D eigenvalue weighted by molar-refractivity contribution is -0.132. The topological polar surface area (TPSA) is 65.5 Å². The highest BCUT2D eigenvalue weighted by Crippen LogP contribution is 2.17. The van der Waals surface area contributed by atoms with E-state index in [2.05, 4.69) is 21.3 Å². The van der Waals surface area contributed by atoms with Crippen molar-refractivity contribution in [3.8, 4) is 0 Å². The van der Waals surface area contributed by atoms with Crippen molar-refractivity contribution in [1.29, 1.82) is 0 Å². The Hall–Kier alpha value is -2.44. The smallest absolute Gasteiger partial charge is 0.251 e. The normalized spacial score (nSPS) is 14.9. The van der Waals surface area contributed by atoms with Crippen LogP contribution in [-0.4, -0.2) is 65.9 Å². The van der Waals surface area contributed by atoms with Gasteiger partial charge in [-0.05, 0) is 55.7 Å². The van der Waals surface area contributed by atoms with E-state index < -0.39 is 0 Å². The van der Waals surface area contributed by atoms with Crippen LogP contribution in [0.5, 0.6) is 0 Å². The van der Waals surface area contributed by atoms with Crippen molar-refractivity contribution >= 4 is 23.4 Å². The third-order valence-electron chi connectivity index (χ3n) is 5.87. The molecule has 0 unspecified atom stereocenters. The molecule has 1 aliphatic rings. The molecule has 6 nitrogen and oxygen atoms in total. The van der Waals surface area contributed by atoms with E-state index in [1.54, 1.807) is 24.3 Å². The van der Waals surface area contributed by atoms with Gasteiger partial charge in [0.15, 0.2) is 0 Å². The Morgan fingerprint density at radius 3 is 2.58 bits per heavy atom. The summed E-state index contributed by atoms with van der Waals surface area (Å²) in [6, 6.07) is 13.1. The number of likely N-dealkylation sites (tertiary alicyclic amines) is 1. The van der Waals surface area contributed by atoms with E-state index in [-0.39, 0.29) is 11.8 Å². The molecule has 1 aliphatic heterocycles. The maximum absolute atomic E-state index is 12.6. The van der Waals surface area contributed by atoms with Crippen LogP contribution in [-0.2, 0) is 11.2 Å². The Labute approximate surface area is 189 Å². The van der Waals surface area contributed by atoms with Crippen molar-refractivity contribution in [2.75, 3.05) is 33.2 Å². The number of nitrogens with one attached hydrogen (secondary N) is 1. The first-order chi connectivity index (χ1) is 15.0. The quantitative estimate of drug-likeness (QED) is 0.604. The summed E-state index contributed by atoms with van der Waals surface area (Å²) in [5.74, 6) is 0.00298. The Bertz CT molecular complexity index is 836. The maximum Gasteiger partial charge on any atom is 0.251 e. The van der Waals surface area contributed by atoms with E-state index in [9.17, 15) is 9.59 Å². The molecule has 1 aromatic carbocycles. The van der Waals surface area contributed by atoms with Crippen LogP contribution in [0.15, 0.2) is 48.7 Å². The van der Waals surface area contributed by atoms with Crippen molar-refractivity contribution in [3.05, 3.63) is 64.9 Å². The van der Waals surface area contributed by atoms with Gasteiger partial charge in [0, 0.05) is 74.6 Å². The summed E-state index contributed by atoms with van der Waals surface area (Å²) in [5.41, 5.74) is 1.70. The van der Waals surface area contributed by atoms with Gasteiger partial charge in [0.25, 0.3) is 5.91 Å². The van der Waals surface area contributed by atoms with Crippen molar-refractivity contribution in [2.45, 2.75) is 38.1 Å². The molecule has 0 aliphatic carbocycles. The van der Waals surface area contributed by atoms with Crippen LogP contribution in [0.4, 0.5) is 0 Å². The average molecular weight is 443 g/mol. The summed E-state index contributed by atoms with van der Waals surface area (Å²) in [6.45, 7) is 3.50. The van der Waals surface area contributed by atoms with Gasteiger partial charge in [-0.1, -0.05) is 17.7 Å². The molecule has 0 bridgehead atoms. The van der Waals surface area contributed by atoms with Gasteiger partial charge in [0.1, 0.15) is 0 Å². The van der Waals surface area contributed by atoms with Gasteiger partial charge in [-0.2, -0.15) is 0 Å². The summed E-state index contributed by atoms with van der Waals surface area (Å²) in [7, 11) is 1.91. The predicted octanol–water partition coefficient (Wildman–Crippen LogP) is 3.41. The Balaban J connectivity index is 1.31. The molecule has 0 saturated carbocycles. The second-order valence-corrected chi connectivity index (χ2v) is 8.45. The zero-order valence-corrected chi connectivity index (χ0v) is 18.9. The van der Waals surface area contributed by atoms with Gasteiger partial charge in [-0.3, -0.25) is 14.6 Å². The molecule has 1 N–H and O–H groups in total. The minimum Gasteiger partial charge on any atom is -0.352 e. The fourth-order valence-corrected chi connectivity index (χ4v) is 4.00. The molecule has 2 aromatic rings. The fourth-order valence-electron chi connectivity index (χ4n) is 3.87. The fraction of sp³-hybridized carbons (Fsp3) is 0.458. The van der Waals surface area contributed by atoms with Gasteiger partial charge in [0.2, 0.25) is 5.91 Å². The van der Waals surface area contributed by atoms with E-state index in [0.717, 1.165) is 44.6 Å². The first-order valence-electron chi connectivity index (χ1n) is 10.9. The molecular weight excluding hydrogens is 412 g/mol. The van der Waals surface area contributed by atoms with Crippen molar-refractivity contribution < 1.29 is 9.59 Å². The monoisotopic (exact) mass is 442 g/mol. The van der Waals surface area contributed by atoms with Gasteiger partial charge >= 0.3 is 0 Å². The summed E-state index contributed by atoms with van der Waals surface area (Å²) in [5, 5.41) is 3.46. The van der Waals surface area contributed by atoms with E-state index in [4.69, 9.17) is 11.6 Å². The van der Waals surface area contributed by atoms with Gasteiger partial charge in [-0.25, -0.2) is 0 Å². The number of benzene rings is 1. The van der Waals surface area contributed by atoms with Crippen LogP contribution >= 0.6 is 11.6 Å². The number of pyridine rings is 1. The molecule has 0 spiro atoms. The molecule has 0 atom stereocenters. The average Bonchev–Trinajstić information content (AvgIpc) is 2.81. The molecule has 7 heteroatoms. The summed E-state index contributed by atoms with van der Waals surface area (Å²) in [6.07, 6.45) is 5.87. The third kappa shape index (κ3) is 7.33. The molecule has 1 saturated heterocycles. The van der Waals surface area contributed by atoms with Crippen LogP contribution in [0.3, 0.4) is 0 Å². The summed E-state index contributed by atoms with van der Waals surface area (Å²) in [4.78, 5) is 33.4. The molecule has 1 fully saturated rings. The molecule has 166 valence electrons. The number of hydrogen-bond donors (Lipinski definition) is 1. The third-order valence-corrected chi connectivity index (χ3v) is 6.12. The largest absolute Gasteiger partial charge is 0.352 e. The Morgan fingerprint density at radius 2 is 1.90 bits per heavy atom. The number of carbonyl (C=O) groups is 2. The van der Waals surface area contributed by atoms with Crippen molar-refractivity contribution in [2.24, 2.45) is 0 Å². The van der Waals surface area contributed by atoms with Gasteiger partial charge in [-0.15, -0.1) is 0 Å². The Kier molecular flexibility index (Phi) is 8.85. The first kappa shape index (κ1) is 23.2. The number of halogens is 1. The SMILES string of the molecule is CN(C(=O)CCCNC(=O)c1ccc(Cl)cc1)C1CCN(CCc2ccccn2)CC1. The van der Waals surface area contributed by atoms with Gasteiger partial charge in [0.05, 0.1) is 0 Å². The van der Waals surface area contributed by atoms with E-state index in [1.165, 1.54) is 0 Å². The van der Waals surface area contributed by atoms with Crippen LogP contribution in [0.25, 0.3) is 0 Å². The lowest BCUT2D eigenvalue weighted by Crippen LogP contribution is -2.46. The minimum atomic E-state index is -0.143. The Morgan fingerprint density at radius 1 is 1.16 bits per heavy atom. The van der Waals surface area contributed by atoms with Crippen LogP contribution in [0, 0.1) is 0 Å². The molecular formula is C24H31ClN4O2. The van der Waals surface area contributed by atoms with E-state index in [0.29, 0.717) is 36.0 Å². The second-order valence-electron chi connectivity index (χ2n) is 8.01. The number of carbonyl (C=O) groups excluding carboxylic acids is 2. The lowest BCUT2D eigenvalue weighted by Gasteiger charge is -2.36. The number of aromatic nitrogens is 1. The molecule has 1 aromatic heterocycles. The van der Waals surface area contributed by atoms with Gasteiger partial charge < -0.3 is 15.1 Å². The summed E-state index contributed by atoms with van der Waals surface area (Å²) < 4.78 is 0. The lowest BCUT2D eigenvalue weighted by atomic mass is 10.0.